The van der Waals surface area contributed by atoms with E-state index in [-0.39, 0.29) is 12.8 Å². The maximum atomic E-state index is 14.1. The molecule has 1 fully saturated rings. The minimum atomic E-state index is -7.17. The highest BCUT2D eigenvalue weighted by Gasteiger charge is 2.82. The van der Waals surface area contributed by atoms with Gasteiger partial charge < -0.3 is 0 Å². The molecule has 2 unspecified atom stereocenters. The van der Waals surface area contributed by atoms with E-state index < -0.39 is 54.8 Å². The van der Waals surface area contributed by atoms with E-state index in [1.165, 1.54) is 0 Å². The molecule has 23 heavy (non-hydrogen) atoms. The second-order valence-electron chi connectivity index (χ2n) is 5.30. The topological polar surface area (TPSA) is 0 Å². The van der Waals surface area contributed by atoms with E-state index in [0.29, 0.717) is 0 Å². The van der Waals surface area contributed by atoms with Gasteiger partial charge in [0.2, 0.25) is 11.8 Å². The Balaban J connectivity index is 3.37. The summed E-state index contributed by atoms with van der Waals surface area (Å²) in [5.74, 6) is -16.6. The molecule has 0 saturated heterocycles. The summed E-state index contributed by atoms with van der Waals surface area (Å²) >= 11 is 0. The minimum absolute atomic E-state index is 0.125. The Bertz CT molecular complexity index is 416. The largest absolute Gasteiger partial charge is 0.459 e. The molecule has 1 rings (SSSR count). The van der Waals surface area contributed by atoms with Crippen molar-refractivity contribution in [3.63, 3.8) is 0 Å². The first-order chi connectivity index (χ1) is 10.0. The molecule has 12 heteroatoms. The van der Waals surface area contributed by atoms with Gasteiger partial charge in [-0.05, 0) is 12.8 Å². The summed E-state index contributed by atoms with van der Waals surface area (Å²) in [6.07, 6.45) is -20.6. The van der Waals surface area contributed by atoms with Gasteiger partial charge in [-0.3, -0.25) is 0 Å². The highest BCUT2D eigenvalue weighted by molar-refractivity contribution is 5.10. The van der Waals surface area contributed by atoms with Crippen LogP contribution in [0.1, 0.15) is 25.7 Å². The van der Waals surface area contributed by atoms with Crippen LogP contribution in [0, 0.1) is 5.92 Å². The van der Waals surface area contributed by atoms with E-state index in [1.807, 2.05) is 0 Å². The normalized spacial score (nSPS) is 23.0. The van der Waals surface area contributed by atoms with Gasteiger partial charge in [-0.2, -0.15) is 43.9 Å². The van der Waals surface area contributed by atoms with Crippen molar-refractivity contribution >= 4 is 0 Å². The van der Waals surface area contributed by atoms with Crippen LogP contribution in [-0.2, 0) is 0 Å². The van der Waals surface area contributed by atoms with Crippen LogP contribution in [0.15, 0.2) is 0 Å². The molecule has 0 nitrogen and oxygen atoms in total. The molecule has 1 saturated carbocycles. The predicted octanol–water partition coefficient (Wildman–Crippen LogP) is 5.62. The highest BCUT2D eigenvalue weighted by Crippen LogP contribution is 2.57. The molecule has 0 aromatic carbocycles. The Morgan fingerprint density at radius 3 is 1.35 bits per heavy atom. The van der Waals surface area contributed by atoms with Crippen LogP contribution in [0.4, 0.5) is 52.7 Å². The number of hydrogen-bond acceptors (Lipinski definition) is 0. The van der Waals surface area contributed by atoms with Crippen LogP contribution >= 0.6 is 0 Å². The van der Waals surface area contributed by atoms with Crippen LogP contribution in [0.5, 0.6) is 0 Å². The van der Waals surface area contributed by atoms with E-state index in [4.69, 9.17) is 0 Å². The third-order valence-corrected chi connectivity index (χ3v) is 3.85. The Labute approximate surface area is 121 Å². The Hall–Kier alpha value is -0.840. The van der Waals surface area contributed by atoms with Crippen molar-refractivity contribution in [2.45, 2.75) is 61.7 Å². The minimum Gasteiger partial charge on any atom is -0.237 e. The Morgan fingerprint density at radius 2 is 1.04 bits per heavy atom. The summed E-state index contributed by atoms with van der Waals surface area (Å²) in [5, 5.41) is 0. The number of rotatable bonds is 4. The van der Waals surface area contributed by atoms with E-state index in [1.54, 1.807) is 0 Å². The standard InChI is InChI=1S/C11H10F12/c12-6(8(14,15)9(16,17)11(21,22)23)7(13,10(18,19)20)5-3-1-2-4-5/h5-6H,1-4H2. The highest BCUT2D eigenvalue weighted by atomic mass is 19.4. The SMILES string of the molecule is FC(C(F)(F)C(F)(F)C(F)(F)F)C(F)(C1CCCC1)C(F)(F)F. The molecule has 2 atom stereocenters. The zero-order valence-corrected chi connectivity index (χ0v) is 11.0. The molecule has 0 aromatic rings. The van der Waals surface area contributed by atoms with E-state index in [0.717, 1.165) is 0 Å². The zero-order chi connectivity index (χ0) is 18.5. The van der Waals surface area contributed by atoms with Gasteiger partial charge in [0.25, 0.3) is 0 Å². The van der Waals surface area contributed by atoms with Gasteiger partial charge >= 0.3 is 24.2 Å². The first-order valence-corrected chi connectivity index (χ1v) is 6.23. The third kappa shape index (κ3) is 2.97. The number of halogens is 12. The molecule has 0 aliphatic heterocycles. The van der Waals surface area contributed by atoms with Crippen molar-refractivity contribution in [1.82, 2.24) is 0 Å². The lowest BCUT2D eigenvalue weighted by Gasteiger charge is -2.40. The predicted molar refractivity (Wildman–Crippen MR) is 52.7 cm³/mol. The summed E-state index contributed by atoms with van der Waals surface area (Å²) in [4.78, 5) is 0. The lowest BCUT2D eigenvalue weighted by molar-refractivity contribution is -0.388. The van der Waals surface area contributed by atoms with Crippen LogP contribution in [0.3, 0.4) is 0 Å². The third-order valence-electron chi connectivity index (χ3n) is 3.85. The fourth-order valence-corrected chi connectivity index (χ4v) is 2.54. The van der Waals surface area contributed by atoms with Crippen molar-refractivity contribution in [2.24, 2.45) is 5.92 Å². The lowest BCUT2D eigenvalue weighted by atomic mass is 9.79. The van der Waals surface area contributed by atoms with Crippen molar-refractivity contribution < 1.29 is 52.7 Å². The van der Waals surface area contributed by atoms with Crippen LogP contribution in [-0.4, -0.2) is 36.0 Å². The van der Waals surface area contributed by atoms with Gasteiger partial charge in [0.1, 0.15) is 0 Å². The van der Waals surface area contributed by atoms with Gasteiger partial charge in [0.15, 0.2) is 0 Å². The summed E-state index contributed by atoms with van der Waals surface area (Å²) < 4.78 is 154. The van der Waals surface area contributed by atoms with Gasteiger partial charge in [-0.1, -0.05) is 12.8 Å². The molecule has 0 radical (unpaired) electrons. The fourth-order valence-electron chi connectivity index (χ4n) is 2.54. The van der Waals surface area contributed by atoms with Crippen molar-refractivity contribution in [1.29, 1.82) is 0 Å². The average molecular weight is 370 g/mol. The molecular weight excluding hydrogens is 360 g/mol. The molecule has 0 heterocycles. The average Bonchev–Trinajstić information content (AvgIpc) is 2.87. The molecule has 138 valence electrons. The maximum absolute atomic E-state index is 14.1. The van der Waals surface area contributed by atoms with Crippen LogP contribution in [0.2, 0.25) is 0 Å². The molecule has 1 aliphatic carbocycles. The summed E-state index contributed by atoms with van der Waals surface area (Å²) in [6, 6.07) is 0. The molecule has 0 bridgehead atoms. The van der Waals surface area contributed by atoms with E-state index in [2.05, 4.69) is 0 Å². The first kappa shape index (κ1) is 20.2. The van der Waals surface area contributed by atoms with Crippen LogP contribution < -0.4 is 0 Å². The Morgan fingerprint density at radius 1 is 0.652 bits per heavy atom. The van der Waals surface area contributed by atoms with E-state index in [9.17, 15) is 52.7 Å². The molecule has 0 spiro atoms. The van der Waals surface area contributed by atoms with Crippen molar-refractivity contribution in [2.75, 3.05) is 0 Å². The molecule has 0 N–H and O–H groups in total. The molecule has 0 amide bonds. The second-order valence-corrected chi connectivity index (χ2v) is 5.30. The first-order valence-electron chi connectivity index (χ1n) is 6.23. The Kier molecular flexibility index (Phi) is 4.93. The van der Waals surface area contributed by atoms with E-state index >= 15 is 0 Å². The number of hydrogen-bond donors (Lipinski definition) is 0. The molecular formula is C11H10F12. The lowest BCUT2D eigenvalue weighted by Crippen LogP contribution is -2.66. The summed E-state index contributed by atoms with van der Waals surface area (Å²) in [7, 11) is 0. The monoisotopic (exact) mass is 370 g/mol. The van der Waals surface area contributed by atoms with Gasteiger partial charge in [-0.25, -0.2) is 8.78 Å². The zero-order valence-electron chi connectivity index (χ0n) is 11.0. The summed E-state index contributed by atoms with van der Waals surface area (Å²) in [5.41, 5.74) is -5.51. The van der Waals surface area contributed by atoms with Gasteiger partial charge in [-0.15, -0.1) is 0 Å². The summed E-state index contributed by atoms with van der Waals surface area (Å²) in [6.45, 7) is 0. The van der Waals surface area contributed by atoms with Crippen LogP contribution in [0.25, 0.3) is 0 Å². The maximum Gasteiger partial charge on any atom is 0.459 e. The smallest absolute Gasteiger partial charge is 0.237 e. The van der Waals surface area contributed by atoms with Gasteiger partial charge in [0, 0.05) is 5.92 Å². The van der Waals surface area contributed by atoms with Crippen molar-refractivity contribution in [3.05, 3.63) is 0 Å². The fraction of sp³-hybridized carbons (Fsp3) is 1.00. The molecule has 1 aliphatic rings. The molecule has 0 aromatic heterocycles. The van der Waals surface area contributed by atoms with Gasteiger partial charge in [0.05, 0.1) is 0 Å². The quantitative estimate of drug-likeness (QED) is 0.564. The van der Waals surface area contributed by atoms with Crippen molar-refractivity contribution in [3.8, 4) is 0 Å². The second kappa shape index (κ2) is 5.61. The number of alkyl halides is 12.